The average Bonchev–Trinajstić information content (AvgIpc) is 1.84. The fourth-order valence-electron chi connectivity index (χ4n) is 0.361. The summed E-state index contributed by atoms with van der Waals surface area (Å²) in [6.45, 7) is 0.539. The molecule has 0 heterocycles. The molecule has 0 aliphatic carbocycles. The Bertz CT molecular complexity index is 172. The van der Waals surface area contributed by atoms with E-state index in [2.05, 4.69) is 0 Å². The Morgan fingerprint density at radius 3 is 1.58 bits per heavy atom. The van der Waals surface area contributed by atoms with Gasteiger partial charge in [-0.2, -0.15) is 0 Å². The van der Waals surface area contributed by atoms with Crippen LogP contribution in [0.25, 0.3) is 0 Å². The van der Waals surface area contributed by atoms with Gasteiger partial charge in [0, 0.05) is 0 Å². The zero-order chi connectivity index (χ0) is 9.94. The molecule has 0 fully saturated rings. The maximum Gasteiger partial charge on any atom is 0.213 e. The lowest BCUT2D eigenvalue weighted by atomic mass is 10.2. The van der Waals surface area contributed by atoms with Crippen LogP contribution in [0.4, 0.5) is 17.9 Å². The maximum atomic E-state index is 11.8. The van der Waals surface area contributed by atoms with E-state index in [9.17, 15) is 17.9 Å². The molecule has 12 heavy (non-hydrogen) atoms. The van der Waals surface area contributed by atoms with Crippen LogP contribution in [0.2, 0.25) is 0 Å². The van der Waals surface area contributed by atoms with Gasteiger partial charge in [0.1, 0.15) is 4.49 Å². The molecule has 72 valence electrons. The minimum absolute atomic E-state index is 0.302. The summed E-state index contributed by atoms with van der Waals surface area (Å²) in [5.41, 5.74) is -2.90. The van der Waals surface area contributed by atoms with Gasteiger partial charge >= 0.3 is 0 Å². The number of halogens is 6. The minimum atomic E-state index is -2.90. The van der Waals surface area contributed by atoms with Crippen molar-refractivity contribution < 1.29 is 17.9 Å². The highest BCUT2D eigenvalue weighted by Gasteiger charge is 2.41. The van der Waals surface area contributed by atoms with Crippen LogP contribution in [0.3, 0.4) is 0 Å². The fraction of sp³-hybridized carbons (Fsp3) is 0.500. The molecule has 0 rings (SSSR count). The molecule has 0 spiro atoms. The molecule has 0 saturated heterocycles. The van der Waals surface area contributed by atoms with Crippen LogP contribution in [0.5, 0.6) is 0 Å². The van der Waals surface area contributed by atoms with Crippen LogP contribution in [-0.2, 0) is 0 Å². The van der Waals surface area contributed by atoms with Crippen LogP contribution < -0.4 is 0 Å². The first kappa shape index (κ1) is 12.0. The third-order valence-corrected chi connectivity index (χ3v) is 1.29. The van der Waals surface area contributed by atoms with Gasteiger partial charge in [-0.1, -0.05) is 41.1 Å². The van der Waals surface area contributed by atoms with Gasteiger partial charge in [-0.15, -0.1) is 0 Å². The molecule has 0 radical (unpaired) electrons. The molecule has 8 heteroatoms. The molecule has 0 aliphatic rings. The Morgan fingerprint density at radius 1 is 1.17 bits per heavy atom. The smallest absolute Gasteiger partial charge is 0.0990 e. The van der Waals surface area contributed by atoms with Crippen LogP contribution >= 0.6 is 23.2 Å². The van der Waals surface area contributed by atoms with Gasteiger partial charge in [0.15, 0.2) is 0 Å². The Labute approximate surface area is 75.7 Å². The number of hydrogen-bond donors (Lipinski definition) is 0. The quantitative estimate of drug-likeness (QED) is 0.415. The molecule has 0 aromatic carbocycles. The molecule has 0 atom stereocenters. The Hall–Kier alpha value is -0.0400. The lowest BCUT2D eigenvalue weighted by Crippen LogP contribution is -2.43. The lowest BCUT2D eigenvalue weighted by Gasteiger charge is -2.24. The molecular weight excluding hydrogens is 223 g/mol. The van der Waals surface area contributed by atoms with Gasteiger partial charge in [0.05, 0.1) is 10.7 Å². The second-order valence-corrected chi connectivity index (χ2v) is 3.00. The summed E-state index contributed by atoms with van der Waals surface area (Å²) >= 11 is 9.91. The number of nitrogens with zero attached hydrogens (tertiary/aromatic N) is 2. The van der Waals surface area contributed by atoms with Crippen molar-refractivity contribution in [2.75, 3.05) is 0 Å². The zero-order valence-corrected chi connectivity index (χ0v) is 7.25. The highest BCUT2D eigenvalue weighted by molar-refractivity contribution is 6.55. The third kappa shape index (κ3) is 2.78. The van der Waals surface area contributed by atoms with Crippen LogP contribution in [-0.4, -0.2) is 16.4 Å². The standard InChI is InChI=1S/C4H4Cl2F4N2/c1-4(11(7)8,12(9)10)2-3(5)6/h2H,1H3. The van der Waals surface area contributed by atoms with Crippen LogP contribution in [0, 0.1) is 0 Å². The zero-order valence-electron chi connectivity index (χ0n) is 5.74. The summed E-state index contributed by atoms with van der Waals surface area (Å²) in [5, 5.41) is -3.42. The van der Waals surface area contributed by atoms with E-state index in [0.717, 1.165) is 0 Å². The number of rotatable bonds is 3. The monoisotopic (exact) mass is 226 g/mol. The van der Waals surface area contributed by atoms with Crippen molar-refractivity contribution in [1.29, 1.82) is 0 Å². The third-order valence-electron chi connectivity index (χ3n) is 1.07. The maximum absolute atomic E-state index is 11.8. The summed E-state index contributed by atoms with van der Waals surface area (Å²) < 4.78 is 46.7. The highest BCUT2D eigenvalue weighted by atomic mass is 35.5. The van der Waals surface area contributed by atoms with Gasteiger partial charge in [0.25, 0.3) is 0 Å². The molecule has 0 bridgehead atoms. The summed E-state index contributed by atoms with van der Waals surface area (Å²) in [7, 11) is 0. The fourth-order valence-corrected chi connectivity index (χ4v) is 0.775. The molecule has 0 aliphatic heterocycles. The van der Waals surface area contributed by atoms with Gasteiger partial charge in [-0.25, -0.2) is 0 Å². The first-order valence-electron chi connectivity index (χ1n) is 2.58. The summed E-state index contributed by atoms with van der Waals surface area (Å²) in [6, 6.07) is 0. The van der Waals surface area contributed by atoms with Crippen molar-refractivity contribution in [1.82, 2.24) is 10.7 Å². The second-order valence-electron chi connectivity index (χ2n) is 1.99. The van der Waals surface area contributed by atoms with Gasteiger partial charge in [-0.3, -0.25) is 0 Å². The summed E-state index contributed by atoms with van der Waals surface area (Å²) in [5.74, 6) is 0. The summed E-state index contributed by atoms with van der Waals surface area (Å²) in [6.07, 6.45) is 0.302. The largest absolute Gasteiger partial charge is 0.213 e. The van der Waals surface area contributed by atoms with E-state index < -0.39 is 20.8 Å². The number of hydrogen-bond acceptors (Lipinski definition) is 2. The molecule has 0 aromatic rings. The van der Waals surface area contributed by atoms with E-state index >= 15 is 0 Å². The van der Waals surface area contributed by atoms with Crippen molar-refractivity contribution >= 4 is 23.2 Å². The predicted octanol–water partition coefficient (Wildman–Crippen LogP) is 3.16. The molecule has 0 N–H and O–H groups in total. The average molecular weight is 227 g/mol. The van der Waals surface area contributed by atoms with E-state index in [1.165, 1.54) is 0 Å². The van der Waals surface area contributed by atoms with Crippen molar-refractivity contribution in [3.63, 3.8) is 0 Å². The van der Waals surface area contributed by atoms with Crippen LogP contribution in [0.1, 0.15) is 6.92 Å². The van der Waals surface area contributed by atoms with Gasteiger partial charge < -0.3 is 0 Å². The molecule has 0 unspecified atom stereocenters. The lowest BCUT2D eigenvalue weighted by molar-refractivity contribution is -0.347. The van der Waals surface area contributed by atoms with E-state index in [0.29, 0.717) is 13.0 Å². The van der Waals surface area contributed by atoms with E-state index in [1.807, 2.05) is 0 Å². The Kier molecular flexibility index (Phi) is 4.25. The van der Waals surface area contributed by atoms with Crippen molar-refractivity contribution in [2.24, 2.45) is 0 Å². The highest BCUT2D eigenvalue weighted by Crippen LogP contribution is 2.27. The second kappa shape index (κ2) is 4.27. The topological polar surface area (TPSA) is 6.48 Å². The van der Waals surface area contributed by atoms with Gasteiger partial charge in [0.2, 0.25) is 5.66 Å². The van der Waals surface area contributed by atoms with Crippen molar-refractivity contribution in [2.45, 2.75) is 12.6 Å². The first-order valence-corrected chi connectivity index (χ1v) is 3.33. The minimum Gasteiger partial charge on any atom is -0.0990 e. The Balaban J connectivity index is 4.76. The van der Waals surface area contributed by atoms with E-state index in [-0.39, 0.29) is 0 Å². The van der Waals surface area contributed by atoms with E-state index in [1.54, 1.807) is 0 Å². The van der Waals surface area contributed by atoms with Gasteiger partial charge in [-0.05, 0) is 13.0 Å². The first-order chi connectivity index (χ1) is 5.30. The Morgan fingerprint density at radius 2 is 1.50 bits per heavy atom. The molecule has 0 saturated carbocycles. The van der Waals surface area contributed by atoms with E-state index in [4.69, 9.17) is 23.2 Å². The molecular formula is C4H4Cl2F4N2. The van der Waals surface area contributed by atoms with Crippen LogP contribution in [0.15, 0.2) is 10.6 Å². The SMILES string of the molecule is CC(C=C(Cl)Cl)(N(F)F)N(F)F. The normalized spacial score (nSPS) is 12.4. The predicted molar refractivity (Wildman–Crippen MR) is 36.3 cm³/mol. The molecule has 0 amide bonds. The van der Waals surface area contributed by atoms with Crippen molar-refractivity contribution in [3.05, 3.63) is 10.6 Å². The summed E-state index contributed by atoms with van der Waals surface area (Å²) in [4.78, 5) is 0. The molecule has 2 nitrogen and oxygen atoms in total. The molecule has 0 aromatic heterocycles. The van der Waals surface area contributed by atoms with Crippen molar-refractivity contribution in [3.8, 4) is 0 Å².